The van der Waals surface area contributed by atoms with Crippen LogP contribution in [0.4, 0.5) is 0 Å². The van der Waals surface area contributed by atoms with Crippen molar-refractivity contribution in [3.8, 4) is 0 Å². The van der Waals surface area contributed by atoms with Crippen LogP contribution in [0.5, 0.6) is 0 Å². The summed E-state index contributed by atoms with van der Waals surface area (Å²) in [6.45, 7) is 1.69. The van der Waals surface area contributed by atoms with Gasteiger partial charge in [0.15, 0.2) is 5.78 Å². The second kappa shape index (κ2) is 4.71. The Bertz CT molecular complexity index is 116. The number of hydrogen-bond donors (Lipinski definition) is 3. The maximum atomic E-state index is 10.6. The number of aliphatic hydroxyl groups excluding tert-OH is 2. The first kappa shape index (κ1) is 9.94. The molecule has 0 aromatic rings. The third-order valence-corrected chi connectivity index (χ3v) is 1.58. The minimum absolute atomic E-state index is 0.0295. The number of rotatable bonds is 4. The van der Waals surface area contributed by atoms with Crippen molar-refractivity contribution in [3.63, 3.8) is 0 Å². The van der Waals surface area contributed by atoms with Crippen LogP contribution in [0.25, 0.3) is 0 Å². The maximum Gasteiger partial charge on any atom is 0.173 e. The molecule has 0 saturated heterocycles. The van der Waals surface area contributed by atoms with Gasteiger partial charge in [0.25, 0.3) is 0 Å². The number of ketones is 1. The van der Waals surface area contributed by atoms with Crippen LogP contribution in [0.3, 0.4) is 0 Å². The Morgan fingerprint density at radius 1 is 1.60 bits per heavy atom. The fraction of sp³-hybridized carbons (Fsp3) is 0.833. The van der Waals surface area contributed by atoms with Gasteiger partial charge in [0.1, 0.15) is 6.10 Å². The van der Waals surface area contributed by atoms with E-state index in [1.54, 1.807) is 6.92 Å². The molecule has 0 amide bonds. The lowest BCUT2D eigenvalue weighted by Gasteiger charge is -2.12. The van der Waals surface area contributed by atoms with Crippen LogP contribution < -0.4 is 0 Å². The first-order valence-corrected chi connectivity index (χ1v) is 3.76. The van der Waals surface area contributed by atoms with Crippen molar-refractivity contribution in [3.05, 3.63) is 0 Å². The molecule has 0 saturated carbocycles. The number of Topliss-reactive ketones (excluding diaryl/α,β-unsaturated/α-hetero) is 1. The van der Waals surface area contributed by atoms with Crippen LogP contribution >= 0.6 is 12.6 Å². The monoisotopic (exact) mass is 164 g/mol. The van der Waals surface area contributed by atoms with E-state index in [0.717, 1.165) is 0 Å². The quantitative estimate of drug-likeness (QED) is 0.496. The van der Waals surface area contributed by atoms with Gasteiger partial charge in [0.05, 0.1) is 11.9 Å². The Morgan fingerprint density at radius 2 is 2.10 bits per heavy atom. The van der Waals surface area contributed by atoms with E-state index in [0.29, 0.717) is 6.42 Å². The summed E-state index contributed by atoms with van der Waals surface area (Å²) in [5.74, 6) is -0.462. The van der Waals surface area contributed by atoms with E-state index in [4.69, 9.17) is 10.2 Å². The zero-order valence-corrected chi connectivity index (χ0v) is 6.71. The number of thiol groups is 1. The number of carbonyl (C=O) groups is 1. The highest BCUT2D eigenvalue weighted by atomic mass is 32.1. The molecule has 0 radical (unpaired) electrons. The van der Waals surface area contributed by atoms with Crippen molar-refractivity contribution in [1.82, 2.24) is 0 Å². The molecule has 4 heteroatoms. The van der Waals surface area contributed by atoms with Gasteiger partial charge in [-0.25, -0.2) is 0 Å². The molecule has 60 valence electrons. The van der Waals surface area contributed by atoms with Gasteiger partial charge in [0, 0.05) is 0 Å². The Hall–Kier alpha value is -0.0600. The van der Waals surface area contributed by atoms with Crippen LogP contribution in [0.1, 0.15) is 13.3 Å². The predicted octanol–water partition coefficient (Wildman–Crippen LogP) is -0.383. The van der Waals surface area contributed by atoms with Gasteiger partial charge in [-0.1, -0.05) is 6.92 Å². The maximum absolute atomic E-state index is 10.6. The topological polar surface area (TPSA) is 57.5 Å². The SMILES string of the molecule is CC[C@@H](O)[C@@H](O)C(=O)CS. The molecule has 0 aliphatic heterocycles. The Labute approximate surface area is 65.5 Å². The molecule has 0 unspecified atom stereocenters. The molecule has 3 nitrogen and oxygen atoms in total. The number of hydrogen-bond acceptors (Lipinski definition) is 4. The second-order valence-corrected chi connectivity index (χ2v) is 2.36. The fourth-order valence-electron chi connectivity index (χ4n) is 0.531. The highest BCUT2D eigenvalue weighted by Crippen LogP contribution is 1.99. The van der Waals surface area contributed by atoms with E-state index in [1.807, 2.05) is 0 Å². The highest BCUT2D eigenvalue weighted by molar-refractivity contribution is 7.81. The summed E-state index contributed by atoms with van der Waals surface area (Å²) in [7, 11) is 0. The standard InChI is InChI=1S/C6H12O3S/c1-2-4(7)6(9)5(8)3-10/h4,6-7,9-10H,2-3H2,1H3/t4-,6-/m1/s1. The molecule has 0 heterocycles. The first-order valence-electron chi connectivity index (χ1n) is 3.13. The van der Waals surface area contributed by atoms with Gasteiger partial charge in [-0.2, -0.15) is 12.6 Å². The van der Waals surface area contributed by atoms with Crippen LogP contribution in [0.15, 0.2) is 0 Å². The predicted molar refractivity (Wildman–Crippen MR) is 41.2 cm³/mol. The van der Waals surface area contributed by atoms with Gasteiger partial charge < -0.3 is 10.2 Å². The van der Waals surface area contributed by atoms with E-state index in [1.165, 1.54) is 0 Å². The summed E-state index contributed by atoms with van der Waals surface area (Å²) in [5, 5.41) is 17.9. The van der Waals surface area contributed by atoms with Gasteiger partial charge in [0.2, 0.25) is 0 Å². The lowest BCUT2D eigenvalue weighted by molar-refractivity contribution is -0.130. The van der Waals surface area contributed by atoms with E-state index in [-0.39, 0.29) is 5.75 Å². The summed E-state index contributed by atoms with van der Waals surface area (Å²) in [6.07, 6.45) is -1.83. The zero-order chi connectivity index (χ0) is 8.15. The summed E-state index contributed by atoms with van der Waals surface area (Å²) in [5.41, 5.74) is 0. The summed E-state index contributed by atoms with van der Waals surface area (Å²) >= 11 is 3.67. The number of carbonyl (C=O) groups excluding carboxylic acids is 1. The fourth-order valence-corrected chi connectivity index (χ4v) is 0.718. The summed E-state index contributed by atoms with van der Waals surface area (Å²) in [6, 6.07) is 0. The molecule has 2 atom stereocenters. The van der Waals surface area contributed by atoms with E-state index < -0.39 is 18.0 Å². The molecular formula is C6H12O3S. The lowest BCUT2D eigenvalue weighted by Crippen LogP contribution is -2.34. The summed E-state index contributed by atoms with van der Waals surface area (Å²) in [4.78, 5) is 10.6. The summed E-state index contributed by atoms with van der Waals surface area (Å²) < 4.78 is 0. The molecule has 0 aromatic heterocycles. The molecule has 0 aliphatic rings. The van der Waals surface area contributed by atoms with Crippen LogP contribution in [0.2, 0.25) is 0 Å². The van der Waals surface area contributed by atoms with Gasteiger partial charge in [-0.15, -0.1) is 0 Å². The van der Waals surface area contributed by atoms with Crippen molar-refractivity contribution < 1.29 is 15.0 Å². The third-order valence-electron chi connectivity index (χ3n) is 1.27. The third kappa shape index (κ3) is 2.68. The first-order chi connectivity index (χ1) is 4.63. The minimum atomic E-state index is -1.26. The van der Waals surface area contributed by atoms with Crippen LogP contribution in [-0.2, 0) is 4.79 Å². The Kier molecular flexibility index (Phi) is 4.68. The van der Waals surface area contributed by atoms with Crippen molar-refractivity contribution >= 4 is 18.4 Å². The molecule has 0 spiro atoms. The average Bonchev–Trinajstić information content (AvgIpc) is 2.00. The largest absolute Gasteiger partial charge is 0.390 e. The molecule has 0 rings (SSSR count). The van der Waals surface area contributed by atoms with Gasteiger partial charge in [-0.3, -0.25) is 4.79 Å². The number of aliphatic hydroxyl groups is 2. The molecular weight excluding hydrogens is 152 g/mol. The Morgan fingerprint density at radius 3 is 2.40 bits per heavy atom. The zero-order valence-electron chi connectivity index (χ0n) is 5.82. The van der Waals surface area contributed by atoms with Crippen LogP contribution in [0, 0.1) is 0 Å². The molecule has 0 fully saturated rings. The van der Waals surface area contributed by atoms with Crippen LogP contribution in [-0.4, -0.2) is 34.0 Å². The average molecular weight is 164 g/mol. The van der Waals surface area contributed by atoms with Gasteiger partial charge >= 0.3 is 0 Å². The van der Waals surface area contributed by atoms with E-state index in [9.17, 15) is 4.79 Å². The smallest absolute Gasteiger partial charge is 0.173 e. The minimum Gasteiger partial charge on any atom is -0.390 e. The lowest BCUT2D eigenvalue weighted by atomic mass is 10.1. The molecule has 0 aliphatic carbocycles. The molecule has 0 aromatic carbocycles. The molecule has 10 heavy (non-hydrogen) atoms. The second-order valence-electron chi connectivity index (χ2n) is 2.04. The van der Waals surface area contributed by atoms with E-state index >= 15 is 0 Å². The Balaban J connectivity index is 3.81. The van der Waals surface area contributed by atoms with E-state index in [2.05, 4.69) is 12.6 Å². The van der Waals surface area contributed by atoms with Crippen molar-refractivity contribution in [2.24, 2.45) is 0 Å². The molecule has 0 bridgehead atoms. The van der Waals surface area contributed by atoms with Crippen molar-refractivity contribution in [1.29, 1.82) is 0 Å². The van der Waals surface area contributed by atoms with Crippen molar-refractivity contribution in [2.75, 3.05) is 5.75 Å². The van der Waals surface area contributed by atoms with Gasteiger partial charge in [-0.05, 0) is 6.42 Å². The van der Waals surface area contributed by atoms with Crippen molar-refractivity contribution in [2.45, 2.75) is 25.6 Å². The highest BCUT2D eigenvalue weighted by Gasteiger charge is 2.20. The molecule has 2 N–H and O–H groups in total. The normalized spacial score (nSPS) is 16.4.